The molecule has 0 spiro atoms. The quantitative estimate of drug-likeness (QED) is 0.0357. The SMILES string of the molecule is CC/C=C\C/C=C\C/C=C\C/C=C\C/C=C\CCCC(=O)O[C@@H](C(=O)O[C@H]1C[C@@]2(O)[C@@H](OC(=O)c3ccccc3OC)C3[C@](C)(C(=O)[C@H](OC(=O)C4CC4)C(=C1C)C2(C)C)[C@@H](O)C[C@H]1OC[C@@]31OC(C)=O)[C@H](C=C(C)C)NC(=O)OC(C)(C)C. The van der Waals surface area contributed by atoms with Crippen molar-refractivity contribution >= 4 is 41.7 Å². The Morgan fingerprint density at radius 3 is 2.01 bits per heavy atom. The van der Waals surface area contributed by atoms with Crippen LogP contribution in [0.4, 0.5) is 4.79 Å². The van der Waals surface area contributed by atoms with Gasteiger partial charge in [0.1, 0.15) is 40.8 Å². The highest BCUT2D eigenvalue weighted by Crippen LogP contribution is 2.64. The first kappa shape index (κ1) is 66.5. The Morgan fingerprint density at radius 1 is 0.857 bits per heavy atom. The zero-order chi connectivity index (χ0) is 61.8. The van der Waals surface area contributed by atoms with Crippen LogP contribution in [0, 0.1) is 22.7 Å². The fraction of sp³-hybridized carbons (Fsp3) is 0.591. The number of carbonyl (C=O) groups is 7. The fourth-order valence-electron chi connectivity index (χ4n) is 12.0. The number of unbranched alkanes of at least 4 members (excludes halogenated alkanes) is 1. The van der Waals surface area contributed by atoms with E-state index in [1.54, 1.807) is 67.5 Å². The molecular formula is C66H89NO17. The molecule has 1 unspecified atom stereocenters. The summed E-state index contributed by atoms with van der Waals surface area (Å²) in [5.74, 6) is -7.49. The Kier molecular flexibility index (Phi) is 22.6. The molecule has 460 valence electrons. The standard InChI is InChI=1S/C66H89NO17/c1-13-14-15-16-17-18-19-20-21-22-23-24-25-26-27-28-29-34-51(70)80-53(46(37-41(2)3)67-61(75)84-62(6,7)8)60(74)79-48-39-66(76)57(82-59(73)45-32-30-31-33-47(45)77-12)55-64(11,49(69)38-50-65(55,40-78-50)83-43(5)68)56(71)54(81-58(72)44-35-36-44)52(42(48)4)63(66,9)10/h14-15,17-18,20-21,23-24,26-27,30-33,37,44,46,48-50,53-55,57,69,76H,13,16,19,22,25,28-29,34-36,38-40H2,1-12H3,(H,67,75)/b15-14-,18-17-,21-20-,24-23-,27-26-/t46-,48-,49-,50+,53+,54+,55?,57-,64+,65-,66+/m0/s1. The molecule has 1 amide bonds. The lowest BCUT2D eigenvalue weighted by Gasteiger charge is -2.67. The number of para-hydroxylation sites is 1. The number of rotatable bonds is 25. The van der Waals surface area contributed by atoms with Crippen molar-refractivity contribution in [3.05, 3.63) is 113 Å². The summed E-state index contributed by atoms with van der Waals surface area (Å²) >= 11 is 0. The second kappa shape index (κ2) is 28.5. The number of ketones is 1. The summed E-state index contributed by atoms with van der Waals surface area (Å²) in [6.45, 7) is 17.4. The Labute approximate surface area is 495 Å². The van der Waals surface area contributed by atoms with Gasteiger partial charge < -0.3 is 53.4 Å². The maximum atomic E-state index is 16.1. The Morgan fingerprint density at radius 2 is 1.46 bits per heavy atom. The molecule has 4 fully saturated rings. The summed E-state index contributed by atoms with van der Waals surface area (Å²) < 4.78 is 48.7. The van der Waals surface area contributed by atoms with Crippen molar-refractivity contribution in [1.29, 1.82) is 0 Å². The number of aliphatic hydroxyl groups excluding tert-OH is 1. The number of fused-ring (bicyclic) bond motifs is 5. The van der Waals surface area contributed by atoms with E-state index in [2.05, 4.69) is 60.8 Å². The van der Waals surface area contributed by atoms with Gasteiger partial charge in [-0.3, -0.25) is 19.2 Å². The first-order valence-corrected chi connectivity index (χ1v) is 29.5. The van der Waals surface area contributed by atoms with E-state index in [1.165, 1.54) is 32.2 Å². The molecule has 1 aromatic carbocycles. The molecule has 5 aliphatic rings. The summed E-state index contributed by atoms with van der Waals surface area (Å²) in [4.78, 5) is 101. The van der Waals surface area contributed by atoms with Gasteiger partial charge in [0.2, 0.25) is 6.10 Å². The number of hydrogen-bond donors (Lipinski definition) is 3. The van der Waals surface area contributed by atoms with Crippen molar-refractivity contribution in [3.63, 3.8) is 0 Å². The minimum absolute atomic E-state index is 0.0110. The third kappa shape index (κ3) is 15.4. The number of hydrogen-bond acceptors (Lipinski definition) is 17. The first-order chi connectivity index (χ1) is 39.7. The van der Waals surface area contributed by atoms with Gasteiger partial charge in [-0.1, -0.05) is 105 Å². The van der Waals surface area contributed by atoms with Crippen LogP contribution in [0.25, 0.3) is 0 Å². The lowest BCUT2D eigenvalue weighted by atomic mass is 9.44. The van der Waals surface area contributed by atoms with Gasteiger partial charge in [-0.2, -0.15) is 0 Å². The summed E-state index contributed by atoms with van der Waals surface area (Å²) in [5.41, 5.74) is -8.51. The van der Waals surface area contributed by atoms with Crippen molar-refractivity contribution < 1.29 is 81.7 Å². The summed E-state index contributed by atoms with van der Waals surface area (Å²) in [6, 6.07) is 4.77. The van der Waals surface area contributed by atoms with Crippen LogP contribution in [-0.4, -0.2) is 125 Å². The van der Waals surface area contributed by atoms with Gasteiger partial charge in [0.25, 0.3) is 0 Å². The Bertz CT molecular complexity index is 2790. The van der Waals surface area contributed by atoms with Gasteiger partial charge in [0.05, 0.1) is 43.1 Å². The molecule has 18 nitrogen and oxygen atoms in total. The summed E-state index contributed by atoms with van der Waals surface area (Å²) in [7, 11) is 1.35. The number of methoxy groups -OCH3 is 1. The van der Waals surface area contributed by atoms with Crippen LogP contribution in [0.3, 0.4) is 0 Å². The van der Waals surface area contributed by atoms with Gasteiger partial charge in [0, 0.05) is 31.6 Å². The number of allylic oxidation sites excluding steroid dienone is 11. The van der Waals surface area contributed by atoms with E-state index in [0.29, 0.717) is 37.7 Å². The summed E-state index contributed by atoms with van der Waals surface area (Å²) in [6.07, 6.45) is 16.7. The zero-order valence-electron chi connectivity index (χ0n) is 51.1. The van der Waals surface area contributed by atoms with Crippen molar-refractivity contribution in [3.8, 4) is 5.75 Å². The van der Waals surface area contributed by atoms with Crippen LogP contribution in [0.2, 0.25) is 0 Å². The maximum Gasteiger partial charge on any atom is 0.408 e. The number of amides is 1. The molecule has 2 bridgehead atoms. The number of benzene rings is 1. The van der Waals surface area contributed by atoms with Crippen LogP contribution >= 0.6 is 0 Å². The molecule has 84 heavy (non-hydrogen) atoms. The molecule has 1 heterocycles. The van der Waals surface area contributed by atoms with Gasteiger partial charge in [-0.25, -0.2) is 14.4 Å². The second-order valence-corrected chi connectivity index (χ2v) is 24.5. The molecule has 3 saturated carbocycles. The third-order valence-corrected chi connectivity index (χ3v) is 16.5. The lowest BCUT2D eigenvalue weighted by Crippen LogP contribution is -2.82. The van der Waals surface area contributed by atoms with E-state index in [4.69, 9.17) is 37.9 Å². The number of Topliss-reactive ketones (excluding diaryl/α,β-unsaturated/α-hetero) is 1. The number of nitrogens with one attached hydrogen (secondary N) is 1. The van der Waals surface area contributed by atoms with E-state index in [1.807, 2.05) is 12.2 Å². The predicted octanol–water partition coefficient (Wildman–Crippen LogP) is 10.3. The molecule has 1 aromatic rings. The van der Waals surface area contributed by atoms with Gasteiger partial charge in [0.15, 0.2) is 17.5 Å². The van der Waals surface area contributed by atoms with Crippen LogP contribution in [0.1, 0.15) is 164 Å². The first-order valence-electron chi connectivity index (χ1n) is 29.5. The minimum Gasteiger partial charge on any atom is -0.496 e. The van der Waals surface area contributed by atoms with Crippen molar-refractivity contribution in [2.45, 2.75) is 213 Å². The molecule has 4 aliphatic carbocycles. The predicted molar refractivity (Wildman–Crippen MR) is 313 cm³/mol. The normalized spacial score (nSPS) is 28.1. The van der Waals surface area contributed by atoms with Crippen LogP contribution in [-0.2, 0) is 57.1 Å². The van der Waals surface area contributed by atoms with E-state index >= 15 is 9.59 Å². The molecule has 1 saturated heterocycles. The summed E-state index contributed by atoms with van der Waals surface area (Å²) in [5, 5.41) is 29.2. The van der Waals surface area contributed by atoms with Crippen LogP contribution in [0.5, 0.6) is 5.75 Å². The highest BCUT2D eigenvalue weighted by molar-refractivity contribution is 5.96. The van der Waals surface area contributed by atoms with Crippen LogP contribution < -0.4 is 10.1 Å². The number of esters is 5. The number of alkyl carbamates (subject to hydrolysis) is 1. The van der Waals surface area contributed by atoms with Gasteiger partial charge in [-0.05, 0) is 130 Å². The Hall–Kier alpha value is -6.63. The number of ether oxygens (including phenoxy) is 8. The lowest BCUT2D eigenvalue weighted by molar-refractivity contribution is -0.346. The molecule has 0 radical (unpaired) electrons. The topological polar surface area (TPSA) is 246 Å². The zero-order valence-corrected chi connectivity index (χ0v) is 51.1. The van der Waals surface area contributed by atoms with Crippen molar-refractivity contribution in [1.82, 2.24) is 5.32 Å². The number of carbonyl (C=O) groups excluding carboxylic acids is 7. The van der Waals surface area contributed by atoms with Gasteiger partial charge >= 0.3 is 35.9 Å². The van der Waals surface area contributed by atoms with E-state index in [-0.39, 0.29) is 41.9 Å². The molecule has 18 heteroatoms. The maximum absolute atomic E-state index is 16.1. The van der Waals surface area contributed by atoms with Crippen LogP contribution in [0.15, 0.2) is 108 Å². The highest BCUT2D eigenvalue weighted by atomic mass is 16.6. The Balaban J connectivity index is 1.38. The average molecular weight is 1170 g/mol. The largest absolute Gasteiger partial charge is 0.496 e. The average Bonchev–Trinajstić information content (AvgIpc) is 0.784. The number of aliphatic hydroxyl groups is 2. The van der Waals surface area contributed by atoms with E-state index < -0.39 is 130 Å². The van der Waals surface area contributed by atoms with Crippen molar-refractivity contribution in [2.75, 3.05) is 13.7 Å². The highest BCUT2D eigenvalue weighted by Gasteiger charge is 2.78. The molecule has 1 aliphatic heterocycles. The monoisotopic (exact) mass is 1170 g/mol. The molecular weight excluding hydrogens is 1080 g/mol. The molecule has 0 aromatic heterocycles. The second-order valence-electron chi connectivity index (χ2n) is 24.5. The third-order valence-electron chi connectivity index (χ3n) is 16.5. The minimum atomic E-state index is -2.49. The fourth-order valence-corrected chi connectivity index (χ4v) is 12.0. The van der Waals surface area contributed by atoms with Gasteiger partial charge in [-0.15, -0.1) is 0 Å². The smallest absolute Gasteiger partial charge is 0.408 e. The van der Waals surface area contributed by atoms with E-state index in [0.717, 1.165) is 32.6 Å². The molecule has 11 atom stereocenters. The van der Waals surface area contributed by atoms with Crippen molar-refractivity contribution in [2.24, 2.45) is 22.7 Å². The molecule has 3 N–H and O–H groups in total. The van der Waals surface area contributed by atoms with E-state index in [9.17, 15) is 34.2 Å². The molecule has 6 rings (SSSR count).